The van der Waals surface area contributed by atoms with E-state index in [1.165, 1.54) is 0 Å². The van der Waals surface area contributed by atoms with Crippen LogP contribution in [-0.4, -0.2) is 56.9 Å². The Labute approximate surface area is 160 Å². The first-order chi connectivity index (χ1) is 13.0. The highest BCUT2D eigenvalue weighted by Gasteiger charge is 2.18. The van der Waals surface area contributed by atoms with Crippen molar-refractivity contribution in [2.45, 2.75) is 13.5 Å². The van der Waals surface area contributed by atoms with Gasteiger partial charge in [0.1, 0.15) is 11.5 Å². The third kappa shape index (κ3) is 5.14. The summed E-state index contributed by atoms with van der Waals surface area (Å²) in [5, 5.41) is 9.43. The van der Waals surface area contributed by atoms with Gasteiger partial charge in [0.2, 0.25) is 0 Å². The molecule has 1 amide bonds. The molecule has 27 heavy (non-hydrogen) atoms. The van der Waals surface area contributed by atoms with Gasteiger partial charge in [-0.15, -0.1) is 0 Å². The largest absolute Gasteiger partial charge is 0.497 e. The van der Waals surface area contributed by atoms with Crippen LogP contribution in [0.5, 0.6) is 11.5 Å². The van der Waals surface area contributed by atoms with Crippen molar-refractivity contribution in [3.8, 4) is 11.5 Å². The van der Waals surface area contributed by atoms with Crippen LogP contribution in [0.3, 0.4) is 0 Å². The minimum atomic E-state index is -0.139. The van der Waals surface area contributed by atoms with Crippen LogP contribution >= 0.6 is 0 Å². The quantitative estimate of drug-likeness (QED) is 0.733. The van der Waals surface area contributed by atoms with E-state index in [-0.39, 0.29) is 19.1 Å². The van der Waals surface area contributed by atoms with E-state index in [2.05, 4.69) is 11.8 Å². The van der Waals surface area contributed by atoms with Gasteiger partial charge in [0.15, 0.2) is 0 Å². The fourth-order valence-corrected chi connectivity index (χ4v) is 2.81. The molecule has 0 aromatic heterocycles. The van der Waals surface area contributed by atoms with E-state index in [1.54, 1.807) is 19.1 Å². The number of amides is 1. The first-order valence-electron chi connectivity index (χ1n) is 8.96. The first kappa shape index (κ1) is 20.6. The fourth-order valence-electron chi connectivity index (χ4n) is 2.81. The third-order valence-electron chi connectivity index (χ3n) is 4.54. The lowest BCUT2D eigenvalue weighted by atomic mass is 10.1. The summed E-state index contributed by atoms with van der Waals surface area (Å²) >= 11 is 0. The lowest BCUT2D eigenvalue weighted by Gasteiger charge is -2.24. The second-order valence-electron chi connectivity index (χ2n) is 6.19. The number of aliphatic hydroxyl groups excluding tert-OH is 1. The van der Waals surface area contributed by atoms with Crippen LogP contribution in [0.4, 0.5) is 5.69 Å². The highest BCUT2D eigenvalue weighted by molar-refractivity contribution is 5.94. The van der Waals surface area contributed by atoms with E-state index >= 15 is 0 Å². The zero-order valence-corrected chi connectivity index (χ0v) is 16.4. The summed E-state index contributed by atoms with van der Waals surface area (Å²) in [5.41, 5.74) is 2.46. The summed E-state index contributed by atoms with van der Waals surface area (Å²) in [6.45, 7) is 3.39. The summed E-state index contributed by atoms with van der Waals surface area (Å²) in [5.74, 6) is 1.22. The molecule has 0 unspecified atom stereocenters. The highest BCUT2D eigenvalue weighted by Crippen LogP contribution is 2.26. The summed E-state index contributed by atoms with van der Waals surface area (Å²) < 4.78 is 10.7. The second-order valence-corrected chi connectivity index (χ2v) is 6.19. The second kappa shape index (κ2) is 9.83. The number of hydrogen-bond donors (Lipinski definition) is 1. The zero-order chi connectivity index (χ0) is 19.8. The molecule has 0 aliphatic heterocycles. The summed E-state index contributed by atoms with van der Waals surface area (Å²) in [6.07, 6.45) is 0. The number of carbonyl (C=O) groups is 1. The van der Waals surface area contributed by atoms with Crippen LogP contribution in [0.1, 0.15) is 22.8 Å². The Kier molecular flexibility index (Phi) is 7.49. The maximum Gasteiger partial charge on any atom is 0.254 e. The van der Waals surface area contributed by atoms with Crippen LogP contribution in [0.25, 0.3) is 0 Å². The Morgan fingerprint density at radius 2 is 1.78 bits per heavy atom. The third-order valence-corrected chi connectivity index (χ3v) is 4.54. The standard InChI is InChI=1S/C21H28N2O4/c1-5-22(2)18-8-6-16(7-9-18)21(25)23(12-13-24)15-17-14-19(26-3)10-11-20(17)27-4/h6-11,14,24H,5,12-13,15H2,1-4H3. The molecule has 0 atom stereocenters. The molecular weight excluding hydrogens is 344 g/mol. The normalized spacial score (nSPS) is 10.4. The molecule has 0 spiro atoms. The van der Waals surface area contributed by atoms with E-state index in [0.717, 1.165) is 17.8 Å². The maximum atomic E-state index is 13.0. The fraction of sp³-hybridized carbons (Fsp3) is 0.381. The van der Waals surface area contributed by atoms with Gasteiger partial charge in [-0.25, -0.2) is 0 Å². The van der Waals surface area contributed by atoms with Gasteiger partial charge in [-0.2, -0.15) is 0 Å². The van der Waals surface area contributed by atoms with Crippen molar-refractivity contribution in [1.29, 1.82) is 0 Å². The van der Waals surface area contributed by atoms with Crippen LogP contribution in [0.15, 0.2) is 42.5 Å². The van der Waals surface area contributed by atoms with Gasteiger partial charge in [0, 0.05) is 43.5 Å². The number of aliphatic hydroxyl groups is 1. The number of methoxy groups -OCH3 is 2. The van der Waals surface area contributed by atoms with Crippen molar-refractivity contribution in [3.05, 3.63) is 53.6 Å². The minimum Gasteiger partial charge on any atom is -0.497 e. The molecule has 0 aliphatic rings. The van der Waals surface area contributed by atoms with Crippen molar-refractivity contribution in [3.63, 3.8) is 0 Å². The van der Waals surface area contributed by atoms with Gasteiger partial charge in [-0.1, -0.05) is 0 Å². The van der Waals surface area contributed by atoms with Crippen LogP contribution in [0.2, 0.25) is 0 Å². The smallest absolute Gasteiger partial charge is 0.254 e. The lowest BCUT2D eigenvalue weighted by molar-refractivity contribution is 0.0706. The molecule has 0 fully saturated rings. The van der Waals surface area contributed by atoms with E-state index in [0.29, 0.717) is 23.6 Å². The molecule has 146 valence electrons. The zero-order valence-electron chi connectivity index (χ0n) is 16.4. The van der Waals surface area contributed by atoms with E-state index < -0.39 is 0 Å². The molecular formula is C21H28N2O4. The Morgan fingerprint density at radius 3 is 2.33 bits per heavy atom. The Bertz CT molecular complexity index is 746. The van der Waals surface area contributed by atoms with Crippen LogP contribution in [0, 0.1) is 0 Å². The van der Waals surface area contributed by atoms with Crippen LogP contribution < -0.4 is 14.4 Å². The molecule has 0 saturated carbocycles. The van der Waals surface area contributed by atoms with E-state index in [4.69, 9.17) is 9.47 Å². The monoisotopic (exact) mass is 372 g/mol. The van der Waals surface area contributed by atoms with Crippen molar-refractivity contribution < 1.29 is 19.4 Å². The summed E-state index contributed by atoms with van der Waals surface area (Å²) in [7, 11) is 5.19. The number of nitrogens with zero attached hydrogens (tertiary/aromatic N) is 2. The van der Waals surface area contributed by atoms with Crippen molar-refractivity contribution in [2.75, 3.05) is 45.9 Å². The SMILES string of the molecule is CCN(C)c1ccc(C(=O)N(CCO)Cc2cc(OC)ccc2OC)cc1. The molecule has 2 rings (SSSR count). The Morgan fingerprint density at radius 1 is 1.07 bits per heavy atom. The molecule has 0 aliphatic carbocycles. The predicted octanol–water partition coefficient (Wildman–Crippen LogP) is 2.79. The summed E-state index contributed by atoms with van der Waals surface area (Å²) in [6, 6.07) is 13.0. The Balaban J connectivity index is 2.25. The van der Waals surface area contributed by atoms with Gasteiger partial charge < -0.3 is 24.4 Å². The lowest BCUT2D eigenvalue weighted by Crippen LogP contribution is -2.33. The molecule has 1 N–H and O–H groups in total. The van der Waals surface area contributed by atoms with Crippen molar-refractivity contribution in [1.82, 2.24) is 4.90 Å². The van der Waals surface area contributed by atoms with Gasteiger partial charge in [-0.3, -0.25) is 4.79 Å². The van der Waals surface area contributed by atoms with Gasteiger partial charge in [0.25, 0.3) is 5.91 Å². The molecule has 2 aromatic rings. The van der Waals surface area contributed by atoms with E-state index in [9.17, 15) is 9.90 Å². The molecule has 0 bridgehead atoms. The van der Waals surface area contributed by atoms with Crippen molar-refractivity contribution >= 4 is 11.6 Å². The van der Waals surface area contributed by atoms with Gasteiger partial charge >= 0.3 is 0 Å². The van der Waals surface area contributed by atoms with Crippen LogP contribution in [-0.2, 0) is 6.54 Å². The van der Waals surface area contributed by atoms with Gasteiger partial charge in [0.05, 0.1) is 20.8 Å². The average Bonchev–Trinajstić information content (AvgIpc) is 2.72. The number of benzene rings is 2. The molecule has 6 heteroatoms. The molecule has 0 radical (unpaired) electrons. The minimum absolute atomic E-state index is 0.116. The summed E-state index contributed by atoms with van der Waals surface area (Å²) in [4.78, 5) is 16.7. The maximum absolute atomic E-state index is 13.0. The predicted molar refractivity (Wildman–Crippen MR) is 107 cm³/mol. The number of anilines is 1. The first-order valence-corrected chi connectivity index (χ1v) is 8.96. The number of ether oxygens (including phenoxy) is 2. The molecule has 2 aromatic carbocycles. The highest BCUT2D eigenvalue weighted by atomic mass is 16.5. The van der Waals surface area contributed by atoms with Crippen molar-refractivity contribution in [2.24, 2.45) is 0 Å². The number of rotatable bonds is 9. The average molecular weight is 372 g/mol. The van der Waals surface area contributed by atoms with Gasteiger partial charge in [-0.05, 0) is 49.4 Å². The molecule has 0 saturated heterocycles. The molecule has 6 nitrogen and oxygen atoms in total. The number of carbonyl (C=O) groups excluding carboxylic acids is 1. The number of hydrogen-bond acceptors (Lipinski definition) is 5. The molecule has 0 heterocycles. The van der Waals surface area contributed by atoms with E-state index in [1.807, 2.05) is 49.5 Å². The topological polar surface area (TPSA) is 62.2 Å². The Hall–Kier alpha value is -2.73.